The van der Waals surface area contributed by atoms with Crippen molar-refractivity contribution in [2.24, 2.45) is 0 Å². The van der Waals surface area contributed by atoms with Crippen molar-refractivity contribution < 1.29 is 22.9 Å². The molecule has 0 saturated heterocycles. The molecule has 2 aromatic carbocycles. The zero-order chi connectivity index (χ0) is 23.6. The summed E-state index contributed by atoms with van der Waals surface area (Å²) in [7, 11) is 0. The largest absolute Gasteiger partial charge is 0.416 e. The van der Waals surface area contributed by atoms with E-state index in [1.54, 1.807) is 4.68 Å². The quantitative estimate of drug-likeness (QED) is 0.323. The SMILES string of the molecule is O=C(NNc1ccc(C(F)(F)F)cc1[N+](=O)[O-])c1nn(-c2ccccc2)c2c1CCCCC2. The number of carbonyl (C=O) groups excluding carboxylic acids is 1. The van der Waals surface area contributed by atoms with E-state index in [0.717, 1.165) is 48.7 Å². The van der Waals surface area contributed by atoms with E-state index in [1.165, 1.54) is 0 Å². The lowest BCUT2D eigenvalue weighted by Crippen LogP contribution is -2.31. The molecule has 0 unspecified atom stereocenters. The van der Waals surface area contributed by atoms with Gasteiger partial charge < -0.3 is 0 Å². The molecule has 3 aromatic rings. The van der Waals surface area contributed by atoms with E-state index in [1.807, 2.05) is 30.3 Å². The molecule has 172 valence electrons. The minimum Gasteiger partial charge on any atom is -0.292 e. The second-order valence-electron chi connectivity index (χ2n) is 7.65. The lowest BCUT2D eigenvalue weighted by atomic mass is 10.1. The van der Waals surface area contributed by atoms with E-state index >= 15 is 0 Å². The molecule has 1 aliphatic carbocycles. The molecule has 2 N–H and O–H groups in total. The first-order valence-electron chi connectivity index (χ1n) is 10.3. The molecule has 8 nitrogen and oxygen atoms in total. The number of hydrogen-bond donors (Lipinski definition) is 2. The minimum absolute atomic E-state index is 0.179. The van der Waals surface area contributed by atoms with Gasteiger partial charge in [-0.3, -0.25) is 25.8 Å². The van der Waals surface area contributed by atoms with Crippen LogP contribution in [0.15, 0.2) is 48.5 Å². The monoisotopic (exact) mass is 459 g/mol. The second kappa shape index (κ2) is 8.93. The van der Waals surface area contributed by atoms with E-state index < -0.39 is 28.3 Å². The van der Waals surface area contributed by atoms with Gasteiger partial charge in [0, 0.05) is 17.3 Å². The number of alkyl halides is 3. The third-order valence-electron chi connectivity index (χ3n) is 5.48. The molecule has 0 saturated carbocycles. The highest BCUT2D eigenvalue weighted by atomic mass is 19.4. The van der Waals surface area contributed by atoms with Gasteiger partial charge in [0.1, 0.15) is 5.69 Å². The molecule has 0 aliphatic heterocycles. The lowest BCUT2D eigenvalue weighted by Gasteiger charge is -2.11. The Morgan fingerprint density at radius 2 is 1.79 bits per heavy atom. The van der Waals surface area contributed by atoms with E-state index in [4.69, 9.17) is 0 Å². The van der Waals surface area contributed by atoms with Gasteiger partial charge in [-0.05, 0) is 49.9 Å². The molecule has 0 atom stereocenters. The van der Waals surface area contributed by atoms with Gasteiger partial charge >= 0.3 is 6.18 Å². The highest BCUT2D eigenvalue weighted by Gasteiger charge is 2.33. The van der Waals surface area contributed by atoms with Gasteiger partial charge in [-0.25, -0.2) is 4.68 Å². The number of rotatable bonds is 5. The second-order valence-corrected chi connectivity index (χ2v) is 7.65. The molecule has 4 rings (SSSR count). The number of amides is 1. The highest BCUT2D eigenvalue weighted by Crippen LogP contribution is 2.35. The van der Waals surface area contributed by atoms with E-state index in [2.05, 4.69) is 16.0 Å². The molecule has 0 radical (unpaired) electrons. The van der Waals surface area contributed by atoms with Crippen LogP contribution in [0.3, 0.4) is 0 Å². The first-order chi connectivity index (χ1) is 15.8. The summed E-state index contributed by atoms with van der Waals surface area (Å²) in [6.07, 6.45) is -0.448. The summed E-state index contributed by atoms with van der Waals surface area (Å²) < 4.78 is 40.5. The predicted octanol–water partition coefficient (Wildman–Crippen LogP) is 4.83. The van der Waals surface area contributed by atoms with Gasteiger partial charge in [0.25, 0.3) is 11.6 Å². The number of nitrogens with one attached hydrogen (secondary N) is 2. The Kier molecular flexibility index (Phi) is 6.03. The number of hydrogen-bond acceptors (Lipinski definition) is 5. The minimum atomic E-state index is -4.73. The number of halogens is 3. The van der Waals surface area contributed by atoms with Gasteiger partial charge in [0.2, 0.25) is 0 Å². The van der Waals surface area contributed by atoms with Gasteiger partial charge in [-0.1, -0.05) is 24.6 Å². The normalized spacial score (nSPS) is 13.7. The predicted molar refractivity (Wildman–Crippen MR) is 114 cm³/mol. The zero-order valence-corrected chi connectivity index (χ0v) is 17.4. The molecule has 11 heteroatoms. The number of benzene rings is 2. The summed E-state index contributed by atoms with van der Waals surface area (Å²) in [6.45, 7) is 0. The van der Waals surface area contributed by atoms with Crippen molar-refractivity contribution in [3.8, 4) is 5.69 Å². The van der Waals surface area contributed by atoms with E-state index in [9.17, 15) is 28.1 Å². The number of hydrazine groups is 1. The number of para-hydroxylation sites is 1. The van der Waals surface area contributed by atoms with E-state index in [0.29, 0.717) is 18.6 Å². The van der Waals surface area contributed by atoms with Crippen molar-refractivity contribution in [2.45, 2.75) is 38.3 Å². The first-order valence-corrected chi connectivity index (χ1v) is 10.3. The summed E-state index contributed by atoms with van der Waals surface area (Å²) in [5.74, 6) is -0.628. The number of carbonyl (C=O) groups is 1. The number of nitro groups is 1. The van der Waals surface area contributed by atoms with Crippen molar-refractivity contribution in [2.75, 3.05) is 5.43 Å². The van der Waals surface area contributed by atoms with Gasteiger partial charge in [0.15, 0.2) is 5.69 Å². The van der Waals surface area contributed by atoms with Crippen molar-refractivity contribution >= 4 is 17.3 Å². The molecule has 0 spiro atoms. The van der Waals surface area contributed by atoms with Crippen LogP contribution in [-0.4, -0.2) is 20.6 Å². The Bertz CT molecular complexity index is 1190. The number of nitrogens with zero attached hydrogens (tertiary/aromatic N) is 3. The molecular weight excluding hydrogens is 439 g/mol. The van der Waals surface area contributed by atoms with Crippen LogP contribution >= 0.6 is 0 Å². The number of anilines is 1. The molecule has 1 amide bonds. The molecule has 1 heterocycles. The Labute approximate surface area is 186 Å². The summed E-state index contributed by atoms with van der Waals surface area (Å²) in [4.78, 5) is 23.3. The fraction of sp³-hybridized carbons (Fsp3) is 0.273. The van der Waals surface area contributed by atoms with Gasteiger partial charge in [-0.2, -0.15) is 18.3 Å². The Morgan fingerprint density at radius 1 is 1.06 bits per heavy atom. The van der Waals surface area contributed by atoms with Crippen molar-refractivity contribution in [3.05, 3.63) is 81.2 Å². The third kappa shape index (κ3) is 4.66. The fourth-order valence-electron chi connectivity index (χ4n) is 3.89. The average Bonchev–Trinajstić information content (AvgIpc) is 2.98. The van der Waals surface area contributed by atoms with Crippen LogP contribution in [0.1, 0.15) is 46.6 Å². The molecule has 33 heavy (non-hydrogen) atoms. The Morgan fingerprint density at radius 3 is 2.48 bits per heavy atom. The topological polar surface area (TPSA) is 102 Å². The smallest absolute Gasteiger partial charge is 0.292 e. The molecule has 0 bridgehead atoms. The first kappa shape index (κ1) is 22.3. The summed E-state index contributed by atoms with van der Waals surface area (Å²) in [5.41, 5.74) is 5.23. The van der Waals surface area contributed by atoms with Crippen LogP contribution < -0.4 is 10.9 Å². The summed E-state index contributed by atoms with van der Waals surface area (Å²) in [6, 6.07) is 11.4. The average molecular weight is 459 g/mol. The van der Waals surface area contributed by atoms with Gasteiger partial charge in [0.05, 0.1) is 16.2 Å². The van der Waals surface area contributed by atoms with Crippen molar-refractivity contribution in [1.82, 2.24) is 15.2 Å². The van der Waals surface area contributed by atoms with Crippen LogP contribution in [0, 0.1) is 10.1 Å². The van der Waals surface area contributed by atoms with Crippen LogP contribution in [-0.2, 0) is 19.0 Å². The van der Waals surface area contributed by atoms with Crippen molar-refractivity contribution in [3.63, 3.8) is 0 Å². The van der Waals surface area contributed by atoms with Crippen LogP contribution in [0.4, 0.5) is 24.5 Å². The summed E-state index contributed by atoms with van der Waals surface area (Å²) in [5, 5.41) is 15.8. The maximum atomic E-state index is 13.0. The summed E-state index contributed by atoms with van der Waals surface area (Å²) >= 11 is 0. The van der Waals surface area contributed by atoms with Gasteiger partial charge in [-0.15, -0.1) is 0 Å². The zero-order valence-electron chi connectivity index (χ0n) is 17.4. The lowest BCUT2D eigenvalue weighted by molar-refractivity contribution is -0.384. The van der Waals surface area contributed by atoms with E-state index in [-0.39, 0.29) is 11.4 Å². The van der Waals surface area contributed by atoms with Crippen molar-refractivity contribution in [1.29, 1.82) is 0 Å². The maximum absolute atomic E-state index is 13.0. The standard InChI is InChI=1S/C22H20F3N5O3/c23-22(24,25)14-11-12-17(19(13-14)30(32)33)26-27-21(31)20-16-9-5-2-6-10-18(16)29(28-20)15-7-3-1-4-8-15/h1,3-4,7-8,11-13,26H,2,5-6,9-10H2,(H,27,31). The molecule has 0 fully saturated rings. The Balaban J connectivity index is 1.62. The molecular formula is C22H20F3N5O3. The number of nitro benzene ring substituents is 1. The van der Waals surface area contributed by atoms with Crippen LogP contribution in [0.5, 0.6) is 0 Å². The number of aromatic nitrogens is 2. The highest BCUT2D eigenvalue weighted by molar-refractivity contribution is 5.95. The Hall–Kier alpha value is -3.89. The van der Waals surface area contributed by atoms with Crippen LogP contribution in [0.25, 0.3) is 5.69 Å². The molecule has 1 aromatic heterocycles. The number of fused-ring (bicyclic) bond motifs is 1. The molecule has 1 aliphatic rings. The van der Waals surface area contributed by atoms with Crippen LogP contribution in [0.2, 0.25) is 0 Å². The fourth-order valence-corrected chi connectivity index (χ4v) is 3.89. The maximum Gasteiger partial charge on any atom is 0.416 e. The third-order valence-corrected chi connectivity index (χ3v) is 5.48.